The monoisotopic (exact) mass is 233 g/mol. The van der Waals surface area contributed by atoms with Crippen molar-refractivity contribution in [3.05, 3.63) is 11.1 Å². The molecule has 1 amide bonds. The minimum Gasteiger partial charge on any atom is -0.375 e. The van der Waals surface area contributed by atoms with Crippen molar-refractivity contribution in [2.24, 2.45) is 4.36 Å². The fourth-order valence-electron chi connectivity index (χ4n) is 0.836. The number of hydrogen-bond acceptors (Lipinski definition) is 5. The molecule has 0 aromatic carbocycles. The number of nitrogens with zero attached hydrogens (tertiary/aromatic N) is 2. The third-order valence-corrected chi connectivity index (χ3v) is 2.59. The first-order valence-corrected chi connectivity index (χ1v) is 6.98. The number of anilines is 1. The largest absolute Gasteiger partial charge is 0.375 e. The number of nitrogen functional groups attached to an aromatic ring is 1. The molecule has 2 N–H and O–H groups in total. The maximum atomic E-state index is 11.2. The first-order chi connectivity index (χ1) is 6.37. The average molecular weight is 233 g/mol. The van der Waals surface area contributed by atoms with Crippen LogP contribution in [0.5, 0.6) is 0 Å². The molecule has 0 radical (unpaired) electrons. The van der Waals surface area contributed by atoms with Crippen LogP contribution in [0.3, 0.4) is 0 Å². The van der Waals surface area contributed by atoms with Crippen LogP contribution in [0, 0.1) is 0 Å². The van der Waals surface area contributed by atoms with E-state index < -0.39 is 15.6 Å². The van der Waals surface area contributed by atoms with Gasteiger partial charge in [0.2, 0.25) is 0 Å². The van der Waals surface area contributed by atoms with Gasteiger partial charge in [-0.05, 0) is 0 Å². The third-order valence-electron chi connectivity index (χ3n) is 1.22. The molecule has 1 aromatic rings. The van der Waals surface area contributed by atoms with Crippen LogP contribution >= 0.6 is 11.3 Å². The Morgan fingerprint density at radius 2 is 2.36 bits per heavy atom. The van der Waals surface area contributed by atoms with E-state index >= 15 is 0 Å². The molecule has 0 bridgehead atoms. The van der Waals surface area contributed by atoms with Crippen LogP contribution in [0.2, 0.25) is 0 Å². The second-order valence-corrected chi connectivity index (χ2v) is 6.45. The lowest BCUT2D eigenvalue weighted by Crippen LogP contribution is -2.04. The Bertz CT molecular complexity index is 449. The number of hydrogen-bond donors (Lipinski definition) is 1. The van der Waals surface area contributed by atoms with Crippen LogP contribution < -0.4 is 5.73 Å². The summed E-state index contributed by atoms with van der Waals surface area (Å²) in [7, 11) is -2.37. The van der Waals surface area contributed by atoms with Gasteiger partial charge in [-0.1, -0.05) is 0 Å². The maximum Gasteiger partial charge on any atom is 0.259 e. The Hall–Kier alpha value is -0.950. The maximum absolute atomic E-state index is 11.2. The van der Waals surface area contributed by atoms with E-state index in [4.69, 9.17) is 5.73 Å². The van der Waals surface area contributed by atoms with Gasteiger partial charge in [0.15, 0.2) is 5.13 Å². The van der Waals surface area contributed by atoms with E-state index in [2.05, 4.69) is 9.35 Å². The van der Waals surface area contributed by atoms with Gasteiger partial charge in [-0.25, -0.2) is 9.19 Å². The smallest absolute Gasteiger partial charge is 0.259 e. The molecule has 0 aliphatic rings. The van der Waals surface area contributed by atoms with E-state index in [9.17, 15) is 9.00 Å². The summed E-state index contributed by atoms with van der Waals surface area (Å²) in [6.45, 7) is 0. The molecule has 0 aliphatic carbocycles. The summed E-state index contributed by atoms with van der Waals surface area (Å²) in [6.07, 6.45) is 2.90. The number of rotatable bonds is 2. The molecule has 78 valence electrons. The molecule has 5 nitrogen and oxygen atoms in total. The Morgan fingerprint density at radius 1 is 1.71 bits per heavy atom. The summed E-state index contributed by atoms with van der Waals surface area (Å²) in [6, 6.07) is 0. The SMILES string of the molecule is CS(C)(=O)=NC(=O)Cc1csc(N)n1. The molecule has 0 saturated heterocycles. The van der Waals surface area contributed by atoms with Gasteiger partial charge in [0, 0.05) is 27.6 Å². The summed E-state index contributed by atoms with van der Waals surface area (Å²) < 4.78 is 14.7. The lowest BCUT2D eigenvalue weighted by Gasteiger charge is -1.93. The van der Waals surface area contributed by atoms with Gasteiger partial charge in [0.05, 0.1) is 12.1 Å². The zero-order valence-corrected chi connectivity index (χ0v) is 9.52. The summed E-state index contributed by atoms with van der Waals surface area (Å²) in [5, 5.41) is 2.11. The first-order valence-electron chi connectivity index (χ1n) is 3.76. The summed E-state index contributed by atoms with van der Waals surface area (Å²) in [5.74, 6) is -0.426. The van der Waals surface area contributed by atoms with E-state index in [1.54, 1.807) is 5.38 Å². The highest BCUT2D eigenvalue weighted by atomic mass is 32.2. The highest BCUT2D eigenvalue weighted by molar-refractivity contribution is 7.92. The average Bonchev–Trinajstić information content (AvgIpc) is 2.30. The number of carbonyl (C=O) groups is 1. The molecular formula is C7H11N3O2S2. The van der Waals surface area contributed by atoms with Crippen molar-refractivity contribution in [2.45, 2.75) is 6.42 Å². The molecular weight excluding hydrogens is 222 g/mol. The van der Waals surface area contributed by atoms with Crippen LogP contribution in [0.15, 0.2) is 9.74 Å². The van der Waals surface area contributed by atoms with Gasteiger partial charge in [0.1, 0.15) is 0 Å². The predicted molar refractivity (Wildman–Crippen MR) is 57.7 cm³/mol. The van der Waals surface area contributed by atoms with E-state index in [-0.39, 0.29) is 6.42 Å². The van der Waals surface area contributed by atoms with E-state index in [1.165, 1.54) is 23.8 Å². The summed E-state index contributed by atoms with van der Waals surface area (Å²) >= 11 is 1.27. The second kappa shape index (κ2) is 4.05. The lowest BCUT2D eigenvalue weighted by molar-refractivity contribution is -0.117. The van der Waals surface area contributed by atoms with Crippen molar-refractivity contribution in [3.8, 4) is 0 Å². The van der Waals surface area contributed by atoms with E-state index in [1.807, 2.05) is 0 Å². The third kappa shape index (κ3) is 3.84. The molecule has 0 saturated carbocycles. The fourth-order valence-corrected chi connectivity index (χ4v) is 1.95. The van der Waals surface area contributed by atoms with Crippen molar-refractivity contribution in [2.75, 3.05) is 18.2 Å². The zero-order chi connectivity index (χ0) is 10.8. The highest BCUT2D eigenvalue weighted by Crippen LogP contribution is 2.11. The van der Waals surface area contributed by atoms with Crippen molar-refractivity contribution in [1.29, 1.82) is 0 Å². The molecule has 7 heteroatoms. The summed E-state index contributed by atoms with van der Waals surface area (Å²) in [4.78, 5) is 15.1. The second-order valence-electron chi connectivity index (χ2n) is 3.02. The van der Waals surface area contributed by atoms with E-state index in [0.29, 0.717) is 10.8 Å². The predicted octanol–water partition coefficient (Wildman–Crippen LogP) is 0.522. The van der Waals surface area contributed by atoms with Crippen molar-refractivity contribution < 1.29 is 9.00 Å². The first kappa shape index (κ1) is 11.1. The van der Waals surface area contributed by atoms with Gasteiger partial charge in [-0.2, -0.15) is 4.36 Å². The van der Waals surface area contributed by atoms with Crippen molar-refractivity contribution in [1.82, 2.24) is 4.98 Å². The van der Waals surface area contributed by atoms with E-state index in [0.717, 1.165) is 0 Å². The standard InChI is InChI=1S/C7H11N3O2S2/c1-14(2,12)10-6(11)3-5-4-13-7(8)9-5/h4H,3H2,1-2H3,(H2,8,9). The Kier molecular flexibility index (Phi) is 3.22. The molecule has 0 spiro atoms. The topological polar surface area (TPSA) is 85.4 Å². The molecule has 0 aliphatic heterocycles. The quantitative estimate of drug-likeness (QED) is 0.807. The van der Waals surface area contributed by atoms with Crippen molar-refractivity contribution >= 4 is 32.1 Å². The van der Waals surface area contributed by atoms with Crippen LogP contribution in [-0.2, 0) is 20.9 Å². The van der Waals surface area contributed by atoms with Crippen LogP contribution in [-0.4, -0.2) is 27.6 Å². The van der Waals surface area contributed by atoms with Gasteiger partial charge in [-0.15, -0.1) is 11.3 Å². The highest BCUT2D eigenvalue weighted by Gasteiger charge is 2.06. The Balaban J connectivity index is 2.72. The number of nitrogens with two attached hydrogens (primary N) is 1. The van der Waals surface area contributed by atoms with Crippen LogP contribution in [0.1, 0.15) is 5.69 Å². The normalized spacial score (nSPS) is 11.3. The number of aromatic nitrogens is 1. The zero-order valence-electron chi connectivity index (χ0n) is 7.89. The Morgan fingerprint density at radius 3 is 2.79 bits per heavy atom. The number of thiazole rings is 1. The van der Waals surface area contributed by atoms with Crippen LogP contribution in [0.25, 0.3) is 0 Å². The van der Waals surface area contributed by atoms with Crippen LogP contribution in [0.4, 0.5) is 5.13 Å². The molecule has 14 heavy (non-hydrogen) atoms. The molecule has 1 aromatic heterocycles. The molecule has 1 heterocycles. The van der Waals surface area contributed by atoms with Gasteiger partial charge < -0.3 is 5.73 Å². The minimum absolute atomic E-state index is 0.0619. The van der Waals surface area contributed by atoms with Gasteiger partial charge in [0.25, 0.3) is 5.91 Å². The number of carbonyl (C=O) groups excluding carboxylic acids is 1. The molecule has 0 unspecified atom stereocenters. The summed E-state index contributed by atoms with van der Waals surface area (Å²) in [5.41, 5.74) is 5.96. The fraction of sp³-hybridized carbons (Fsp3) is 0.429. The minimum atomic E-state index is -2.37. The Labute approximate surface area is 86.5 Å². The number of amides is 1. The molecule has 0 fully saturated rings. The molecule has 0 atom stereocenters. The molecule has 1 rings (SSSR count). The lowest BCUT2D eigenvalue weighted by atomic mass is 10.3. The van der Waals surface area contributed by atoms with Gasteiger partial charge in [-0.3, -0.25) is 4.79 Å². The van der Waals surface area contributed by atoms with Crippen molar-refractivity contribution in [3.63, 3.8) is 0 Å². The van der Waals surface area contributed by atoms with Gasteiger partial charge >= 0.3 is 0 Å².